The number of halogens is 1. The fourth-order valence-electron chi connectivity index (χ4n) is 3.45. The zero-order valence-electron chi connectivity index (χ0n) is 18.3. The van der Waals surface area contributed by atoms with Gasteiger partial charge in [-0.05, 0) is 61.7 Å². The van der Waals surface area contributed by atoms with Gasteiger partial charge < -0.3 is 4.74 Å². The van der Waals surface area contributed by atoms with E-state index in [9.17, 15) is 4.79 Å². The maximum Gasteiger partial charge on any atom is 0.348 e. The molecule has 0 amide bonds. The van der Waals surface area contributed by atoms with Crippen LogP contribution in [0.2, 0.25) is 5.02 Å². The first-order valence-corrected chi connectivity index (χ1v) is 10.8. The van der Waals surface area contributed by atoms with Gasteiger partial charge in [-0.2, -0.15) is 10.1 Å². The van der Waals surface area contributed by atoms with E-state index in [0.717, 1.165) is 16.7 Å². The highest BCUT2D eigenvalue weighted by Gasteiger charge is 2.09. The third kappa shape index (κ3) is 5.48. The largest absolute Gasteiger partial charge is 0.468 e. The molecule has 0 fully saturated rings. The van der Waals surface area contributed by atoms with Crippen LogP contribution in [0.1, 0.15) is 22.4 Å². The number of hydrogen-bond donors (Lipinski definition) is 0. The molecule has 0 saturated carbocycles. The molecule has 0 atom stereocenters. The van der Waals surface area contributed by atoms with E-state index in [0.29, 0.717) is 47.3 Å². The van der Waals surface area contributed by atoms with E-state index in [1.165, 1.54) is 0 Å². The van der Waals surface area contributed by atoms with E-state index in [2.05, 4.69) is 14.9 Å². The van der Waals surface area contributed by atoms with Crippen molar-refractivity contribution in [1.82, 2.24) is 19.3 Å². The lowest BCUT2D eigenvalue weighted by Crippen LogP contribution is -2.24. The second kappa shape index (κ2) is 9.72. The molecular formula is C25H22ClN5O2. The second-order valence-electron chi connectivity index (χ2n) is 7.78. The molecular weight excluding hydrogens is 438 g/mol. The van der Waals surface area contributed by atoms with Crippen LogP contribution in [0.4, 0.5) is 5.69 Å². The molecule has 0 aliphatic carbocycles. The minimum atomic E-state index is -0.291. The molecule has 166 valence electrons. The van der Waals surface area contributed by atoms with Gasteiger partial charge in [0.1, 0.15) is 11.5 Å². The maximum atomic E-state index is 12.4. The normalized spacial score (nSPS) is 10.7. The van der Waals surface area contributed by atoms with Crippen LogP contribution in [-0.4, -0.2) is 19.3 Å². The Hall–Kier alpha value is -3.89. The molecule has 0 radical (unpaired) electrons. The summed E-state index contributed by atoms with van der Waals surface area (Å²) in [5.41, 5.74) is 3.67. The zero-order chi connectivity index (χ0) is 23.4. The van der Waals surface area contributed by atoms with Gasteiger partial charge in [0.25, 0.3) is 0 Å². The molecule has 8 heteroatoms. The van der Waals surface area contributed by atoms with E-state index in [1.54, 1.807) is 39.8 Å². The van der Waals surface area contributed by atoms with Crippen molar-refractivity contribution in [3.05, 3.63) is 110 Å². The van der Waals surface area contributed by atoms with Gasteiger partial charge in [0.15, 0.2) is 0 Å². The number of rotatable bonds is 7. The van der Waals surface area contributed by atoms with Gasteiger partial charge in [0.2, 0.25) is 5.69 Å². The third-order valence-electron chi connectivity index (χ3n) is 5.21. The van der Waals surface area contributed by atoms with Crippen molar-refractivity contribution >= 4 is 17.3 Å². The van der Waals surface area contributed by atoms with Crippen LogP contribution in [-0.2, 0) is 26.4 Å². The highest BCUT2D eigenvalue weighted by atomic mass is 35.5. The fraction of sp³-hybridized carbons (Fsp3) is 0.200. The van der Waals surface area contributed by atoms with Gasteiger partial charge in [-0.15, -0.1) is 0 Å². The first-order valence-electron chi connectivity index (χ1n) is 10.4. The van der Waals surface area contributed by atoms with Gasteiger partial charge in [0.05, 0.1) is 19.3 Å². The maximum absolute atomic E-state index is 12.4. The molecule has 4 aromatic rings. The highest BCUT2D eigenvalue weighted by Crippen LogP contribution is 2.34. The standard InChI is InChI=1S/C25H22ClN5O2/c1-17-12-21(7-8-22(17)26)33-24-9-5-18(13-23(24)27-2)4-6-20-10-11-31(25(32)29-20)16-19-14-28-30(3)15-19/h5,7-15H,4,6,16H2,1,3H3. The molecule has 0 spiro atoms. The summed E-state index contributed by atoms with van der Waals surface area (Å²) in [6.07, 6.45) is 6.61. The first kappa shape index (κ1) is 22.3. The second-order valence-corrected chi connectivity index (χ2v) is 8.19. The van der Waals surface area contributed by atoms with Crippen LogP contribution in [0.25, 0.3) is 4.85 Å². The number of nitrogens with zero attached hydrogens (tertiary/aromatic N) is 5. The summed E-state index contributed by atoms with van der Waals surface area (Å²) in [5, 5.41) is 4.79. The Morgan fingerprint density at radius 1 is 1.12 bits per heavy atom. The summed E-state index contributed by atoms with van der Waals surface area (Å²) < 4.78 is 9.16. The zero-order valence-corrected chi connectivity index (χ0v) is 19.1. The predicted molar refractivity (Wildman–Crippen MR) is 127 cm³/mol. The van der Waals surface area contributed by atoms with Crippen LogP contribution < -0.4 is 10.4 Å². The molecule has 0 bridgehead atoms. The molecule has 2 aromatic heterocycles. The average molecular weight is 460 g/mol. The number of hydrogen-bond acceptors (Lipinski definition) is 4. The molecule has 0 aliphatic heterocycles. The van der Waals surface area contributed by atoms with E-state index in [-0.39, 0.29) is 5.69 Å². The summed E-state index contributed by atoms with van der Waals surface area (Å²) in [5.74, 6) is 1.12. The first-order chi connectivity index (χ1) is 15.9. The third-order valence-corrected chi connectivity index (χ3v) is 5.64. The van der Waals surface area contributed by atoms with Crippen LogP contribution in [0.5, 0.6) is 11.5 Å². The summed E-state index contributed by atoms with van der Waals surface area (Å²) in [6, 6.07) is 12.8. The Balaban J connectivity index is 1.43. The SMILES string of the molecule is [C-]#[N+]c1cc(CCc2ccn(Cc3cnn(C)c3)c(=O)n2)ccc1Oc1ccc(Cl)c(C)c1. The Morgan fingerprint density at radius 2 is 1.97 bits per heavy atom. The van der Waals surface area contributed by atoms with Crippen molar-refractivity contribution < 1.29 is 4.74 Å². The minimum Gasteiger partial charge on any atom is -0.468 e. The quantitative estimate of drug-likeness (QED) is 0.360. The van der Waals surface area contributed by atoms with Gasteiger partial charge in [-0.25, -0.2) is 9.64 Å². The summed E-state index contributed by atoms with van der Waals surface area (Å²) in [4.78, 5) is 20.2. The van der Waals surface area contributed by atoms with E-state index < -0.39 is 0 Å². The van der Waals surface area contributed by atoms with Crippen molar-refractivity contribution in [2.75, 3.05) is 0 Å². The average Bonchev–Trinajstić information content (AvgIpc) is 3.21. The van der Waals surface area contributed by atoms with Crippen molar-refractivity contribution in [3.8, 4) is 11.5 Å². The minimum absolute atomic E-state index is 0.291. The number of aromatic nitrogens is 4. The molecule has 33 heavy (non-hydrogen) atoms. The predicted octanol–water partition coefficient (Wildman–Crippen LogP) is 5.12. The Kier molecular flexibility index (Phi) is 6.57. The molecule has 0 N–H and O–H groups in total. The topological polar surface area (TPSA) is 66.3 Å². The molecule has 2 aromatic carbocycles. The monoisotopic (exact) mass is 459 g/mol. The molecule has 4 rings (SSSR count). The summed E-state index contributed by atoms with van der Waals surface area (Å²) in [7, 11) is 1.84. The lowest BCUT2D eigenvalue weighted by atomic mass is 10.1. The van der Waals surface area contributed by atoms with E-state index in [4.69, 9.17) is 22.9 Å². The molecule has 0 unspecified atom stereocenters. The van der Waals surface area contributed by atoms with E-state index >= 15 is 0 Å². The molecule has 0 saturated heterocycles. The van der Waals surface area contributed by atoms with Crippen LogP contribution in [0, 0.1) is 13.5 Å². The van der Waals surface area contributed by atoms with Gasteiger partial charge in [-0.1, -0.05) is 23.2 Å². The fourth-order valence-corrected chi connectivity index (χ4v) is 3.56. The van der Waals surface area contributed by atoms with Crippen molar-refractivity contribution in [1.29, 1.82) is 0 Å². The Labute approximate surface area is 196 Å². The van der Waals surface area contributed by atoms with Crippen LogP contribution in [0.3, 0.4) is 0 Å². The van der Waals surface area contributed by atoms with E-state index in [1.807, 2.05) is 44.4 Å². The molecule has 2 heterocycles. The van der Waals surface area contributed by atoms with Gasteiger partial charge in [0, 0.05) is 35.7 Å². The Bertz CT molecular complexity index is 1400. The number of aryl methyl sites for hydroxylation is 4. The number of ether oxygens (including phenoxy) is 1. The molecule has 0 aliphatic rings. The smallest absolute Gasteiger partial charge is 0.348 e. The summed E-state index contributed by atoms with van der Waals surface area (Å²) in [6.45, 7) is 9.86. The van der Waals surface area contributed by atoms with Crippen molar-refractivity contribution in [2.45, 2.75) is 26.3 Å². The van der Waals surface area contributed by atoms with Crippen LogP contribution in [0.15, 0.2) is 65.8 Å². The van der Waals surface area contributed by atoms with Gasteiger partial charge >= 0.3 is 5.69 Å². The van der Waals surface area contributed by atoms with Crippen molar-refractivity contribution in [2.24, 2.45) is 7.05 Å². The highest BCUT2D eigenvalue weighted by molar-refractivity contribution is 6.31. The van der Waals surface area contributed by atoms with Gasteiger partial charge in [-0.3, -0.25) is 9.25 Å². The lowest BCUT2D eigenvalue weighted by Gasteiger charge is -2.11. The Morgan fingerprint density at radius 3 is 2.67 bits per heavy atom. The van der Waals surface area contributed by atoms with Crippen LogP contribution >= 0.6 is 11.6 Å². The summed E-state index contributed by atoms with van der Waals surface area (Å²) >= 11 is 6.07. The number of benzene rings is 2. The lowest BCUT2D eigenvalue weighted by molar-refractivity contribution is 0.485. The van der Waals surface area contributed by atoms with Crippen molar-refractivity contribution in [3.63, 3.8) is 0 Å². The molecule has 7 nitrogen and oxygen atoms in total.